The highest BCUT2D eigenvalue weighted by Gasteiger charge is 2.30. The Labute approximate surface area is 127 Å². The molecule has 0 aliphatic heterocycles. The van der Waals surface area contributed by atoms with E-state index in [1.54, 1.807) is 0 Å². The zero-order valence-corrected chi connectivity index (χ0v) is 12.7. The molecule has 0 aromatic heterocycles. The SMILES string of the molecule is N[C@@H]1CCC[C@H]1CC(=O)N(CC1CCC1)c1ccccc1. The van der Waals surface area contributed by atoms with Crippen molar-refractivity contribution in [2.45, 2.75) is 51.0 Å². The molecule has 2 N–H and O–H groups in total. The third-order valence-corrected chi connectivity index (χ3v) is 5.19. The summed E-state index contributed by atoms with van der Waals surface area (Å²) in [5.41, 5.74) is 7.18. The molecule has 2 saturated carbocycles. The molecule has 114 valence electrons. The molecule has 2 aliphatic carbocycles. The van der Waals surface area contributed by atoms with Crippen LogP contribution < -0.4 is 10.6 Å². The van der Waals surface area contributed by atoms with E-state index in [0.717, 1.165) is 25.1 Å². The van der Waals surface area contributed by atoms with Crippen molar-refractivity contribution in [3.63, 3.8) is 0 Å². The predicted molar refractivity (Wildman–Crippen MR) is 86.1 cm³/mol. The summed E-state index contributed by atoms with van der Waals surface area (Å²) in [4.78, 5) is 14.8. The van der Waals surface area contributed by atoms with E-state index in [1.807, 2.05) is 35.2 Å². The van der Waals surface area contributed by atoms with Crippen LogP contribution in [0.25, 0.3) is 0 Å². The molecule has 0 radical (unpaired) electrons. The second-order valence-electron chi connectivity index (χ2n) is 6.70. The van der Waals surface area contributed by atoms with Crippen LogP contribution in [0.2, 0.25) is 0 Å². The molecule has 0 spiro atoms. The summed E-state index contributed by atoms with van der Waals surface area (Å²) in [6.07, 6.45) is 7.81. The smallest absolute Gasteiger partial charge is 0.227 e. The number of anilines is 1. The summed E-state index contributed by atoms with van der Waals surface area (Å²) in [5, 5.41) is 0. The minimum Gasteiger partial charge on any atom is -0.327 e. The molecule has 1 amide bonds. The minimum atomic E-state index is 0.218. The molecule has 21 heavy (non-hydrogen) atoms. The van der Waals surface area contributed by atoms with Crippen molar-refractivity contribution < 1.29 is 4.79 Å². The van der Waals surface area contributed by atoms with Crippen LogP contribution in [0, 0.1) is 11.8 Å². The van der Waals surface area contributed by atoms with Crippen molar-refractivity contribution in [3.05, 3.63) is 30.3 Å². The van der Waals surface area contributed by atoms with Gasteiger partial charge in [-0.1, -0.05) is 31.0 Å². The summed E-state index contributed by atoms with van der Waals surface area (Å²) >= 11 is 0. The van der Waals surface area contributed by atoms with Gasteiger partial charge < -0.3 is 10.6 Å². The Bertz CT molecular complexity index is 469. The van der Waals surface area contributed by atoms with Crippen molar-refractivity contribution in [1.29, 1.82) is 0 Å². The molecular formula is C18H26N2O. The number of benzene rings is 1. The topological polar surface area (TPSA) is 46.3 Å². The summed E-state index contributed by atoms with van der Waals surface area (Å²) in [6.45, 7) is 0.880. The summed E-state index contributed by atoms with van der Waals surface area (Å²) in [5.74, 6) is 1.33. The molecular weight excluding hydrogens is 260 g/mol. The Kier molecular flexibility index (Phi) is 4.59. The van der Waals surface area contributed by atoms with E-state index in [9.17, 15) is 4.79 Å². The highest BCUT2D eigenvalue weighted by molar-refractivity contribution is 5.93. The van der Waals surface area contributed by atoms with Gasteiger partial charge in [0.1, 0.15) is 0 Å². The van der Waals surface area contributed by atoms with Gasteiger partial charge in [0, 0.05) is 24.7 Å². The van der Waals surface area contributed by atoms with E-state index in [1.165, 1.54) is 25.7 Å². The maximum Gasteiger partial charge on any atom is 0.227 e. The zero-order valence-electron chi connectivity index (χ0n) is 12.7. The first-order chi connectivity index (χ1) is 10.2. The van der Waals surface area contributed by atoms with E-state index in [2.05, 4.69) is 0 Å². The highest BCUT2D eigenvalue weighted by Crippen LogP contribution is 2.31. The van der Waals surface area contributed by atoms with Crippen LogP contribution in [0.1, 0.15) is 44.9 Å². The summed E-state index contributed by atoms with van der Waals surface area (Å²) in [6, 6.07) is 10.3. The van der Waals surface area contributed by atoms with Crippen LogP contribution in [-0.4, -0.2) is 18.5 Å². The van der Waals surface area contributed by atoms with Crippen LogP contribution in [0.3, 0.4) is 0 Å². The van der Waals surface area contributed by atoms with Crippen LogP contribution >= 0.6 is 0 Å². The van der Waals surface area contributed by atoms with E-state index < -0.39 is 0 Å². The lowest BCUT2D eigenvalue weighted by Crippen LogP contribution is -2.39. The van der Waals surface area contributed by atoms with E-state index in [0.29, 0.717) is 18.3 Å². The first-order valence-electron chi connectivity index (χ1n) is 8.35. The van der Waals surface area contributed by atoms with Gasteiger partial charge in [-0.2, -0.15) is 0 Å². The maximum absolute atomic E-state index is 12.8. The summed E-state index contributed by atoms with van der Waals surface area (Å²) in [7, 11) is 0. The maximum atomic E-state index is 12.8. The number of carbonyl (C=O) groups is 1. The van der Waals surface area contributed by atoms with Crippen LogP contribution in [0.5, 0.6) is 0 Å². The Morgan fingerprint density at radius 1 is 1.10 bits per heavy atom. The molecule has 2 atom stereocenters. The lowest BCUT2D eigenvalue weighted by Gasteiger charge is -2.33. The molecule has 1 aromatic rings. The van der Waals surface area contributed by atoms with Gasteiger partial charge in [-0.25, -0.2) is 0 Å². The number of rotatable bonds is 5. The third kappa shape index (κ3) is 3.46. The molecule has 0 saturated heterocycles. The lowest BCUT2D eigenvalue weighted by atomic mass is 9.85. The minimum absolute atomic E-state index is 0.218. The molecule has 1 aromatic carbocycles. The van der Waals surface area contributed by atoms with Crippen LogP contribution in [0.4, 0.5) is 5.69 Å². The molecule has 3 rings (SSSR count). The molecule has 3 heteroatoms. The van der Waals surface area contributed by atoms with Crippen molar-refractivity contribution in [2.75, 3.05) is 11.4 Å². The van der Waals surface area contributed by atoms with Gasteiger partial charge in [-0.15, -0.1) is 0 Å². The first kappa shape index (κ1) is 14.6. The van der Waals surface area contributed by atoms with Gasteiger partial charge in [0.2, 0.25) is 5.91 Å². The largest absolute Gasteiger partial charge is 0.327 e. The van der Waals surface area contributed by atoms with Crippen molar-refractivity contribution >= 4 is 11.6 Å². The van der Waals surface area contributed by atoms with Crippen LogP contribution in [0.15, 0.2) is 30.3 Å². The number of nitrogens with two attached hydrogens (primary N) is 1. The Hall–Kier alpha value is -1.35. The van der Waals surface area contributed by atoms with E-state index >= 15 is 0 Å². The lowest BCUT2D eigenvalue weighted by molar-refractivity contribution is -0.119. The Balaban J connectivity index is 1.69. The monoisotopic (exact) mass is 286 g/mol. The van der Waals surface area contributed by atoms with Gasteiger partial charge in [0.25, 0.3) is 0 Å². The van der Waals surface area contributed by atoms with Crippen LogP contribution in [-0.2, 0) is 4.79 Å². The van der Waals surface area contributed by atoms with E-state index in [-0.39, 0.29) is 11.9 Å². The predicted octanol–water partition coefficient (Wildman–Crippen LogP) is 3.34. The molecule has 0 bridgehead atoms. The van der Waals surface area contributed by atoms with Crippen molar-refractivity contribution in [3.8, 4) is 0 Å². The highest BCUT2D eigenvalue weighted by atomic mass is 16.2. The average Bonchev–Trinajstić information content (AvgIpc) is 2.84. The van der Waals surface area contributed by atoms with E-state index in [4.69, 9.17) is 5.73 Å². The standard InChI is InChI=1S/C18H26N2O/c19-17-11-5-8-15(17)12-18(21)20(13-14-6-4-7-14)16-9-2-1-3-10-16/h1-3,9-10,14-15,17H,4-8,11-13,19H2/t15-,17+/m0/s1. The second-order valence-corrected chi connectivity index (χ2v) is 6.70. The third-order valence-electron chi connectivity index (χ3n) is 5.19. The molecule has 2 aliphatic rings. The average molecular weight is 286 g/mol. The van der Waals surface area contributed by atoms with Crippen molar-refractivity contribution in [2.24, 2.45) is 17.6 Å². The van der Waals surface area contributed by atoms with Crippen molar-refractivity contribution in [1.82, 2.24) is 0 Å². The number of hydrogen-bond donors (Lipinski definition) is 1. The number of hydrogen-bond acceptors (Lipinski definition) is 2. The van der Waals surface area contributed by atoms with Gasteiger partial charge in [-0.3, -0.25) is 4.79 Å². The normalized spacial score (nSPS) is 25.6. The zero-order chi connectivity index (χ0) is 14.7. The number of amides is 1. The molecule has 0 unspecified atom stereocenters. The van der Waals surface area contributed by atoms with Gasteiger partial charge in [0.05, 0.1) is 0 Å². The fraction of sp³-hybridized carbons (Fsp3) is 0.611. The van der Waals surface area contributed by atoms with Gasteiger partial charge >= 0.3 is 0 Å². The second kappa shape index (κ2) is 6.61. The van der Waals surface area contributed by atoms with Gasteiger partial charge in [-0.05, 0) is 49.7 Å². The molecule has 2 fully saturated rings. The Morgan fingerprint density at radius 2 is 1.81 bits per heavy atom. The Morgan fingerprint density at radius 3 is 2.38 bits per heavy atom. The number of nitrogens with zero attached hydrogens (tertiary/aromatic N) is 1. The fourth-order valence-corrected chi connectivity index (χ4v) is 3.55. The fourth-order valence-electron chi connectivity index (χ4n) is 3.55. The molecule has 3 nitrogen and oxygen atoms in total. The summed E-state index contributed by atoms with van der Waals surface area (Å²) < 4.78 is 0. The number of carbonyl (C=O) groups excluding carboxylic acids is 1. The quantitative estimate of drug-likeness (QED) is 0.902. The molecule has 0 heterocycles. The van der Waals surface area contributed by atoms with Gasteiger partial charge in [0.15, 0.2) is 0 Å². The first-order valence-corrected chi connectivity index (χ1v) is 8.35. The number of para-hydroxylation sites is 1.